The van der Waals surface area contributed by atoms with Crippen molar-refractivity contribution in [2.45, 2.75) is 45.3 Å². The highest BCUT2D eigenvalue weighted by Crippen LogP contribution is 2.22. The van der Waals surface area contributed by atoms with E-state index >= 15 is 0 Å². The van der Waals surface area contributed by atoms with Gasteiger partial charge in [0, 0.05) is 25.6 Å². The van der Waals surface area contributed by atoms with Crippen molar-refractivity contribution in [2.75, 3.05) is 13.2 Å². The van der Waals surface area contributed by atoms with Crippen LogP contribution in [0.5, 0.6) is 0 Å². The summed E-state index contributed by atoms with van der Waals surface area (Å²) in [6, 6.07) is 4.44. The van der Waals surface area contributed by atoms with Gasteiger partial charge in [0.1, 0.15) is 5.76 Å². The van der Waals surface area contributed by atoms with E-state index in [-0.39, 0.29) is 0 Å². The molecule has 3 nitrogen and oxygen atoms in total. The first kappa shape index (κ1) is 12.7. The molecule has 2 heterocycles. The van der Waals surface area contributed by atoms with Crippen molar-refractivity contribution >= 4 is 0 Å². The molecular weight excluding hydrogens is 214 g/mol. The molecule has 0 amide bonds. The maximum atomic E-state index is 5.69. The zero-order valence-electron chi connectivity index (χ0n) is 10.8. The Labute approximate surface area is 104 Å². The minimum atomic E-state index is 0.457. The lowest BCUT2D eigenvalue weighted by Crippen LogP contribution is -2.35. The minimum absolute atomic E-state index is 0.457. The van der Waals surface area contributed by atoms with Crippen LogP contribution in [0.3, 0.4) is 0 Å². The Morgan fingerprint density at radius 2 is 2.41 bits per heavy atom. The minimum Gasteiger partial charge on any atom is -0.469 e. The molecule has 96 valence electrons. The highest BCUT2D eigenvalue weighted by atomic mass is 16.5. The second-order valence-electron chi connectivity index (χ2n) is 4.96. The van der Waals surface area contributed by atoms with Gasteiger partial charge < -0.3 is 14.5 Å². The molecule has 1 aromatic rings. The van der Waals surface area contributed by atoms with Gasteiger partial charge in [-0.2, -0.15) is 0 Å². The lowest BCUT2D eigenvalue weighted by atomic mass is 9.99. The normalized spacial score (nSPS) is 26.2. The van der Waals surface area contributed by atoms with Crippen LogP contribution in [0.25, 0.3) is 0 Å². The molecule has 3 heteroatoms. The molecule has 1 aromatic heterocycles. The number of nitrogens with one attached hydrogen (secondary N) is 1. The van der Waals surface area contributed by atoms with Gasteiger partial charge in [-0.1, -0.05) is 6.92 Å². The highest BCUT2D eigenvalue weighted by molar-refractivity contribution is 5.00. The van der Waals surface area contributed by atoms with Crippen LogP contribution >= 0.6 is 0 Å². The van der Waals surface area contributed by atoms with Crippen molar-refractivity contribution in [3.05, 3.63) is 24.2 Å². The third kappa shape index (κ3) is 3.58. The van der Waals surface area contributed by atoms with Crippen molar-refractivity contribution in [1.82, 2.24) is 5.32 Å². The fourth-order valence-corrected chi connectivity index (χ4v) is 2.53. The molecule has 1 fully saturated rings. The zero-order chi connectivity index (χ0) is 12.1. The second kappa shape index (κ2) is 6.22. The SMILES string of the molecule is CCC1OCCC1CNC(C)Cc1ccco1. The smallest absolute Gasteiger partial charge is 0.105 e. The quantitative estimate of drug-likeness (QED) is 0.826. The Hall–Kier alpha value is -0.800. The summed E-state index contributed by atoms with van der Waals surface area (Å²) in [5, 5.41) is 3.59. The van der Waals surface area contributed by atoms with E-state index in [2.05, 4.69) is 19.2 Å². The van der Waals surface area contributed by atoms with Gasteiger partial charge in [0.25, 0.3) is 0 Å². The number of ether oxygens (including phenoxy) is 1. The molecule has 2 rings (SSSR count). The first-order chi connectivity index (χ1) is 8.29. The molecule has 0 saturated carbocycles. The summed E-state index contributed by atoms with van der Waals surface area (Å²) in [6.07, 6.45) is 5.47. The van der Waals surface area contributed by atoms with Crippen LogP contribution in [-0.4, -0.2) is 25.3 Å². The second-order valence-corrected chi connectivity index (χ2v) is 4.96. The van der Waals surface area contributed by atoms with Gasteiger partial charge in [-0.15, -0.1) is 0 Å². The maximum Gasteiger partial charge on any atom is 0.105 e. The van der Waals surface area contributed by atoms with Gasteiger partial charge in [-0.05, 0) is 37.8 Å². The van der Waals surface area contributed by atoms with Crippen molar-refractivity contribution < 1.29 is 9.15 Å². The Bertz CT molecular complexity index is 310. The van der Waals surface area contributed by atoms with E-state index in [1.54, 1.807) is 6.26 Å². The van der Waals surface area contributed by atoms with Crippen molar-refractivity contribution in [1.29, 1.82) is 0 Å². The topological polar surface area (TPSA) is 34.4 Å². The largest absolute Gasteiger partial charge is 0.469 e. The van der Waals surface area contributed by atoms with Gasteiger partial charge in [0.2, 0.25) is 0 Å². The van der Waals surface area contributed by atoms with Crippen molar-refractivity contribution in [3.63, 3.8) is 0 Å². The van der Waals surface area contributed by atoms with Crippen LogP contribution in [0.4, 0.5) is 0 Å². The van der Waals surface area contributed by atoms with Gasteiger partial charge in [0.05, 0.1) is 12.4 Å². The molecule has 3 atom stereocenters. The molecule has 3 unspecified atom stereocenters. The Balaban J connectivity index is 1.70. The van der Waals surface area contributed by atoms with Crippen LogP contribution in [0.2, 0.25) is 0 Å². The van der Waals surface area contributed by atoms with Gasteiger partial charge in [0.15, 0.2) is 0 Å². The average molecular weight is 237 g/mol. The van der Waals surface area contributed by atoms with Crippen LogP contribution in [-0.2, 0) is 11.2 Å². The average Bonchev–Trinajstić information content (AvgIpc) is 2.96. The Morgan fingerprint density at radius 3 is 3.12 bits per heavy atom. The molecule has 17 heavy (non-hydrogen) atoms. The fraction of sp³-hybridized carbons (Fsp3) is 0.714. The first-order valence-corrected chi connectivity index (χ1v) is 6.67. The fourth-order valence-electron chi connectivity index (χ4n) is 2.53. The maximum absolute atomic E-state index is 5.69. The summed E-state index contributed by atoms with van der Waals surface area (Å²) in [5.41, 5.74) is 0. The lowest BCUT2D eigenvalue weighted by molar-refractivity contribution is 0.0867. The standard InChI is InChI=1S/C14H23NO2/c1-3-14-12(6-8-17-14)10-15-11(2)9-13-5-4-7-16-13/h4-5,7,11-12,14-15H,3,6,8-10H2,1-2H3. The highest BCUT2D eigenvalue weighted by Gasteiger charge is 2.26. The lowest BCUT2D eigenvalue weighted by Gasteiger charge is -2.20. The number of furan rings is 1. The third-order valence-corrected chi connectivity index (χ3v) is 3.56. The molecule has 1 aliphatic rings. The number of rotatable bonds is 6. The van der Waals surface area contributed by atoms with Gasteiger partial charge in [-0.3, -0.25) is 0 Å². The first-order valence-electron chi connectivity index (χ1n) is 6.67. The van der Waals surface area contributed by atoms with E-state index in [0.717, 1.165) is 31.8 Å². The summed E-state index contributed by atoms with van der Waals surface area (Å²) in [6.45, 7) is 6.40. The predicted molar refractivity (Wildman–Crippen MR) is 68.0 cm³/mol. The Morgan fingerprint density at radius 1 is 1.53 bits per heavy atom. The third-order valence-electron chi connectivity index (χ3n) is 3.56. The summed E-state index contributed by atoms with van der Waals surface area (Å²) in [4.78, 5) is 0. The van der Waals surface area contributed by atoms with Crippen LogP contribution in [0, 0.1) is 5.92 Å². The predicted octanol–water partition coefficient (Wildman–Crippen LogP) is 2.62. The molecule has 1 saturated heterocycles. The monoisotopic (exact) mass is 237 g/mol. The molecule has 0 radical (unpaired) electrons. The van der Waals surface area contributed by atoms with Gasteiger partial charge >= 0.3 is 0 Å². The van der Waals surface area contributed by atoms with E-state index in [1.165, 1.54) is 6.42 Å². The summed E-state index contributed by atoms with van der Waals surface area (Å²) in [5.74, 6) is 1.73. The van der Waals surface area contributed by atoms with Crippen LogP contribution in [0.1, 0.15) is 32.4 Å². The zero-order valence-corrected chi connectivity index (χ0v) is 10.8. The van der Waals surface area contributed by atoms with Gasteiger partial charge in [-0.25, -0.2) is 0 Å². The number of hydrogen-bond acceptors (Lipinski definition) is 3. The Kier molecular flexibility index (Phi) is 4.63. The molecule has 1 N–H and O–H groups in total. The molecule has 1 aliphatic heterocycles. The van der Waals surface area contributed by atoms with Crippen LogP contribution < -0.4 is 5.32 Å². The molecule has 0 spiro atoms. The summed E-state index contributed by atoms with van der Waals surface area (Å²) < 4.78 is 11.0. The van der Waals surface area contributed by atoms with Crippen molar-refractivity contribution in [2.24, 2.45) is 5.92 Å². The molecule has 0 aliphatic carbocycles. The van der Waals surface area contributed by atoms with Crippen molar-refractivity contribution in [3.8, 4) is 0 Å². The number of hydrogen-bond donors (Lipinski definition) is 1. The van der Waals surface area contributed by atoms with E-state index in [4.69, 9.17) is 9.15 Å². The molecule has 0 bridgehead atoms. The summed E-state index contributed by atoms with van der Waals surface area (Å²) in [7, 11) is 0. The van der Waals surface area contributed by atoms with E-state index in [1.807, 2.05) is 12.1 Å². The molecule has 0 aromatic carbocycles. The van der Waals surface area contributed by atoms with Crippen LogP contribution in [0.15, 0.2) is 22.8 Å². The van der Waals surface area contributed by atoms with E-state index in [0.29, 0.717) is 18.1 Å². The van der Waals surface area contributed by atoms with E-state index in [9.17, 15) is 0 Å². The molecular formula is C14H23NO2. The summed E-state index contributed by atoms with van der Waals surface area (Å²) >= 11 is 0. The van der Waals surface area contributed by atoms with E-state index < -0.39 is 0 Å².